The number of rotatable bonds is 10. The molecule has 0 aliphatic carbocycles. The van der Waals surface area contributed by atoms with Gasteiger partial charge >= 0.3 is 0 Å². The van der Waals surface area contributed by atoms with Crippen molar-refractivity contribution in [3.8, 4) is 5.75 Å². The molecule has 0 saturated carbocycles. The summed E-state index contributed by atoms with van der Waals surface area (Å²) in [6.45, 7) is 4.83. The highest BCUT2D eigenvalue weighted by Gasteiger charge is 2.10. The molecule has 0 spiro atoms. The molecule has 0 aromatic heterocycles. The van der Waals surface area contributed by atoms with E-state index in [1.165, 1.54) is 24.6 Å². The molecule has 4 heteroatoms. The van der Waals surface area contributed by atoms with Gasteiger partial charge in [-0.2, -0.15) is 5.10 Å². The van der Waals surface area contributed by atoms with E-state index in [4.69, 9.17) is 4.74 Å². The second-order valence-corrected chi connectivity index (χ2v) is 6.01. The van der Waals surface area contributed by atoms with Gasteiger partial charge in [0, 0.05) is 0 Å². The molecule has 0 heterocycles. The molecule has 0 unspecified atom stereocenters. The molecule has 1 N–H and O–H groups in total. The van der Waals surface area contributed by atoms with Gasteiger partial charge in [-0.1, -0.05) is 56.0 Å². The van der Waals surface area contributed by atoms with Crippen LogP contribution in [0.3, 0.4) is 0 Å². The molecule has 0 amide bonds. The van der Waals surface area contributed by atoms with Gasteiger partial charge in [0.1, 0.15) is 5.75 Å². The summed E-state index contributed by atoms with van der Waals surface area (Å²) in [5.74, 6) is 0.439. The van der Waals surface area contributed by atoms with Gasteiger partial charge in [0.15, 0.2) is 0 Å². The zero-order valence-corrected chi connectivity index (χ0v) is 15.0. The number of benzene rings is 2. The fourth-order valence-corrected chi connectivity index (χ4v) is 2.37. The van der Waals surface area contributed by atoms with Crippen LogP contribution < -0.4 is 10.2 Å². The van der Waals surface area contributed by atoms with Crippen LogP contribution in [0.1, 0.15) is 48.5 Å². The summed E-state index contributed by atoms with van der Waals surface area (Å²) in [6, 6.07) is 15.1. The molecule has 132 valence electrons. The van der Waals surface area contributed by atoms with Crippen LogP contribution in [0.2, 0.25) is 0 Å². The maximum absolute atomic E-state index is 12.4. The fraction of sp³-hybridized carbons (Fsp3) is 0.333. The molecule has 0 aliphatic rings. The van der Waals surface area contributed by atoms with Crippen molar-refractivity contribution in [3.63, 3.8) is 0 Å². The minimum atomic E-state index is -0.177. The number of unbranched alkanes of at least 4 members (excludes halogenated alkanes) is 3. The lowest BCUT2D eigenvalue weighted by Crippen LogP contribution is -2.07. The number of nitrogens with zero attached hydrogens (tertiary/aromatic N) is 1. The number of carbonyl (C=O) groups is 1. The first kappa shape index (κ1) is 18.7. The number of anilines is 1. The molecule has 0 saturated heterocycles. The Balaban J connectivity index is 1.91. The molecule has 4 nitrogen and oxygen atoms in total. The van der Waals surface area contributed by atoms with Crippen LogP contribution in [-0.4, -0.2) is 18.6 Å². The zero-order valence-electron chi connectivity index (χ0n) is 15.0. The first-order valence-corrected chi connectivity index (χ1v) is 8.82. The van der Waals surface area contributed by atoms with Crippen LogP contribution >= 0.6 is 0 Å². The molecule has 25 heavy (non-hydrogen) atoms. The Bertz CT molecular complexity index is 693. The van der Waals surface area contributed by atoms with Gasteiger partial charge in [0.25, 0.3) is 0 Å². The van der Waals surface area contributed by atoms with E-state index in [2.05, 4.69) is 17.5 Å². The van der Waals surface area contributed by atoms with Gasteiger partial charge in [-0.3, -0.25) is 10.2 Å². The van der Waals surface area contributed by atoms with E-state index in [-0.39, 0.29) is 5.78 Å². The Labute approximate surface area is 149 Å². The largest absolute Gasteiger partial charge is 0.493 e. The molecule has 2 aromatic carbocycles. The van der Waals surface area contributed by atoms with Crippen LogP contribution in [0.5, 0.6) is 5.75 Å². The predicted octanol–water partition coefficient (Wildman–Crippen LogP) is 5.23. The molecule has 0 atom stereocenters. The van der Waals surface area contributed by atoms with Crippen molar-refractivity contribution in [1.82, 2.24) is 0 Å². The van der Waals surface area contributed by atoms with Crippen molar-refractivity contribution < 1.29 is 9.53 Å². The second kappa shape index (κ2) is 10.3. The van der Waals surface area contributed by atoms with E-state index in [9.17, 15) is 4.79 Å². The van der Waals surface area contributed by atoms with Crippen LogP contribution in [-0.2, 0) is 0 Å². The lowest BCUT2D eigenvalue weighted by Gasteiger charge is -2.09. The van der Waals surface area contributed by atoms with Crippen LogP contribution in [0.15, 0.2) is 53.6 Å². The molecule has 2 rings (SSSR count). The number of aryl methyl sites for hydroxylation is 1. The Kier molecular flexibility index (Phi) is 7.70. The molecule has 0 fully saturated rings. The highest BCUT2D eigenvalue weighted by Crippen LogP contribution is 2.18. The van der Waals surface area contributed by atoms with Gasteiger partial charge in [0.05, 0.1) is 24.1 Å². The van der Waals surface area contributed by atoms with Crippen molar-refractivity contribution in [2.24, 2.45) is 5.10 Å². The van der Waals surface area contributed by atoms with Crippen molar-refractivity contribution in [2.75, 3.05) is 12.0 Å². The highest BCUT2D eigenvalue weighted by atomic mass is 16.5. The first-order valence-electron chi connectivity index (χ1n) is 8.82. The van der Waals surface area contributed by atoms with Crippen molar-refractivity contribution in [2.45, 2.75) is 39.5 Å². The lowest BCUT2D eigenvalue weighted by atomic mass is 10.1. The van der Waals surface area contributed by atoms with Gasteiger partial charge in [-0.15, -0.1) is 0 Å². The average Bonchev–Trinajstić information content (AvgIpc) is 2.63. The number of hydrogen-bond donors (Lipinski definition) is 1. The molecule has 2 aromatic rings. The van der Waals surface area contributed by atoms with Gasteiger partial charge < -0.3 is 4.74 Å². The number of Topliss-reactive ketones (excluding diaryl/α,β-unsaturated/α-hetero) is 1. The number of hydrazone groups is 1. The lowest BCUT2D eigenvalue weighted by molar-refractivity contribution is 0.106. The normalized spacial score (nSPS) is 10.8. The number of nitrogens with one attached hydrogen (secondary N) is 1. The first-order chi connectivity index (χ1) is 12.2. The Morgan fingerprint density at radius 2 is 1.84 bits per heavy atom. The van der Waals surface area contributed by atoms with E-state index in [0.717, 1.165) is 18.5 Å². The number of ether oxygens (including phenoxy) is 1. The summed E-state index contributed by atoms with van der Waals surface area (Å²) >= 11 is 0. The molecule has 0 radical (unpaired) electrons. The van der Waals surface area contributed by atoms with E-state index in [0.29, 0.717) is 17.9 Å². The van der Waals surface area contributed by atoms with Crippen LogP contribution in [0, 0.1) is 6.92 Å². The van der Waals surface area contributed by atoms with Crippen molar-refractivity contribution in [3.05, 3.63) is 59.7 Å². The molecule has 0 bridgehead atoms. The standard InChI is InChI=1S/C21H26N2O2/c1-3-4-5-8-15-25-21-10-7-6-9-19(21)20(24)16-22-23-18-13-11-17(2)12-14-18/h6-7,9-14,16,23H,3-5,8,15H2,1-2H3/b22-16+. The third-order valence-electron chi connectivity index (χ3n) is 3.83. The zero-order chi connectivity index (χ0) is 17.9. The maximum Gasteiger partial charge on any atom is 0.209 e. The minimum absolute atomic E-state index is 0.177. The third kappa shape index (κ3) is 6.42. The second-order valence-electron chi connectivity index (χ2n) is 6.01. The number of ketones is 1. The fourth-order valence-electron chi connectivity index (χ4n) is 2.37. The molecular weight excluding hydrogens is 312 g/mol. The summed E-state index contributed by atoms with van der Waals surface area (Å²) in [4.78, 5) is 12.4. The van der Waals surface area contributed by atoms with Crippen LogP contribution in [0.4, 0.5) is 5.69 Å². The SMILES string of the molecule is CCCCCCOc1ccccc1C(=O)/C=N/Nc1ccc(C)cc1. The van der Waals surface area contributed by atoms with Crippen LogP contribution in [0.25, 0.3) is 0 Å². The maximum atomic E-state index is 12.4. The summed E-state index contributed by atoms with van der Waals surface area (Å²) in [5, 5.41) is 4.03. The monoisotopic (exact) mass is 338 g/mol. The number of para-hydroxylation sites is 1. The average molecular weight is 338 g/mol. The van der Waals surface area contributed by atoms with E-state index >= 15 is 0 Å². The van der Waals surface area contributed by atoms with E-state index in [1.807, 2.05) is 49.4 Å². The summed E-state index contributed by atoms with van der Waals surface area (Å²) in [7, 11) is 0. The minimum Gasteiger partial charge on any atom is -0.493 e. The smallest absolute Gasteiger partial charge is 0.209 e. The van der Waals surface area contributed by atoms with E-state index in [1.54, 1.807) is 6.07 Å². The van der Waals surface area contributed by atoms with E-state index < -0.39 is 0 Å². The predicted molar refractivity (Wildman–Crippen MR) is 104 cm³/mol. The van der Waals surface area contributed by atoms with Crippen molar-refractivity contribution >= 4 is 17.7 Å². The Hall–Kier alpha value is -2.62. The number of hydrogen-bond acceptors (Lipinski definition) is 4. The summed E-state index contributed by atoms with van der Waals surface area (Å²) in [5.41, 5.74) is 5.42. The van der Waals surface area contributed by atoms with Crippen molar-refractivity contribution in [1.29, 1.82) is 0 Å². The third-order valence-corrected chi connectivity index (χ3v) is 3.83. The Morgan fingerprint density at radius 3 is 2.60 bits per heavy atom. The molecule has 0 aliphatic heterocycles. The van der Waals surface area contributed by atoms with Gasteiger partial charge in [-0.25, -0.2) is 0 Å². The number of carbonyl (C=O) groups excluding carboxylic acids is 1. The van der Waals surface area contributed by atoms with Gasteiger partial charge in [-0.05, 0) is 37.6 Å². The topological polar surface area (TPSA) is 50.7 Å². The Morgan fingerprint density at radius 1 is 1.08 bits per heavy atom. The quantitative estimate of drug-likeness (QED) is 0.279. The summed E-state index contributed by atoms with van der Waals surface area (Å²) < 4.78 is 5.78. The van der Waals surface area contributed by atoms with Gasteiger partial charge in [0.2, 0.25) is 5.78 Å². The summed E-state index contributed by atoms with van der Waals surface area (Å²) in [6.07, 6.45) is 5.84. The molecular formula is C21H26N2O2. The highest BCUT2D eigenvalue weighted by molar-refractivity contribution is 6.36.